The second-order valence-corrected chi connectivity index (χ2v) is 3.96. The van der Waals surface area contributed by atoms with Crippen LogP contribution < -0.4 is 4.90 Å². The number of halogens is 2. The molecule has 0 saturated carbocycles. The van der Waals surface area contributed by atoms with E-state index in [0.717, 1.165) is 5.39 Å². The molecule has 1 saturated heterocycles. The van der Waals surface area contributed by atoms with Crippen LogP contribution in [0.1, 0.15) is 6.42 Å². The third-order valence-corrected chi connectivity index (χ3v) is 2.80. The summed E-state index contributed by atoms with van der Waals surface area (Å²) in [6.45, 7) is 0.0780. The highest BCUT2D eigenvalue weighted by Crippen LogP contribution is 2.32. The Morgan fingerprint density at radius 1 is 1.38 bits per heavy atom. The molecule has 3 heterocycles. The molecule has 16 heavy (non-hydrogen) atoms. The molecule has 0 atom stereocenters. The van der Waals surface area contributed by atoms with Crippen molar-refractivity contribution < 1.29 is 8.78 Å². The van der Waals surface area contributed by atoms with Crippen molar-refractivity contribution in [3.63, 3.8) is 0 Å². The zero-order valence-electron chi connectivity index (χ0n) is 8.45. The molecule has 1 N–H and O–H groups in total. The minimum Gasteiger partial charge on any atom is -0.350 e. The molecule has 1 fully saturated rings. The highest BCUT2D eigenvalue weighted by atomic mass is 19.3. The number of rotatable bonds is 1. The van der Waals surface area contributed by atoms with Crippen molar-refractivity contribution in [3.05, 3.63) is 18.6 Å². The minimum absolute atomic E-state index is 0.108. The van der Waals surface area contributed by atoms with Gasteiger partial charge in [0.25, 0.3) is 5.92 Å². The molecule has 84 valence electrons. The Morgan fingerprint density at radius 3 is 3.00 bits per heavy atom. The zero-order chi connectivity index (χ0) is 11.2. The predicted molar refractivity (Wildman–Crippen MR) is 55.7 cm³/mol. The molecule has 2 aromatic rings. The first-order valence-corrected chi connectivity index (χ1v) is 5.07. The lowest BCUT2D eigenvalue weighted by Gasteiger charge is -2.17. The van der Waals surface area contributed by atoms with E-state index in [1.807, 2.05) is 0 Å². The first-order chi connectivity index (χ1) is 7.66. The quantitative estimate of drug-likeness (QED) is 0.803. The Hall–Kier alpha value is -1.72. The number of anilines is 1. The molecule has 6 heteroatoms. The van der Waals surface area contributed by atoms with Crippen molar-refractivity contribution in [2.75, 3.05) is 18.0 Å². The number of hydrogen-bond donors (Lipinski definition) is 1. The van der Waals surface area contributed by atoms with E-state index in [1.54, 1.807) is 17.2 Å². The van der Waals surface area contributed by atoms with E-state index in [2.05, 4.69) is 15.0 Å². The molecule has 2 aromatic heterocycles. The summed E-state index contributed by atoms with van der Waals surface area (Å²) in [5, 5.41) is 0.792. The Labute approximate surface area is 90.3 Å². The monoisotopic (exact) mass is 224 g/mol. The molecular formula is C10H10F2N4. The summed E-state index contributed by atoms with van der Waals surface area (Å²) >= 11 is 0. The Kier molecular flexibility index (Phi) is 1.86. The van der Waals surface area contributed by atoms with Crippen LogP contribution >= 0.6 is 0 Å². The van der Waals surface area contributed by atoms with Gasteiger partial charge in [-0.25, -0.2) is 18.7 Å². The van der Waals surface area contributed by atoms with Crippen LogP contribution in [0, 0.1) is 0 Å². The molecule has 0 amide bonds. The second kappa shape index (κ2) is 3.13. The van der Waals surface area contributed by atoms with Gasteiger partial charge in [-0.05, 0) is 6.07 Å². The van der Waals surface area contributed by atoms with Gasteiger partial charge in [-0.1, -0.05) is 0 Å². The van der Waals surface area contributed by atoms with Crippen molar-refractivity contribution in [3.8, 4) is 0 Å². The fourth-order valence-electron chi connectivity index (χ4n) is 2.03. The lowest BCUT2D eigenvalue weighted by Crippen LogP contribution is -2.25. The summed E-state index contributed by atoms with van der Waals surface area (Å²) in [6, 6.07) is 1.81. The van der Waals surface area contributed by atoms with Gasteiger partial charge in [0.05, 0.1) is 11.9 Å². The number of H-pyrrole nitrogens is 1. The Balaban J connectivity index is 2.03. The molecule has 1 aliphatic rings. The van der Waals surface area contributed by atoms with E-state index in [4.69, 9.17) is 0 Å². The van der Waals surface area contributed by atoms with Gasteiger partial charge in [0.15, 0.2) is 0 Å². The molecule has 0 radical (unpaired) electrons. The van der Waals surface area contributed by atoms with Gasteiger partial charge in [-0.15, -0.1) is 0 Å². The van der Waals surface area contributed by atoms with E-state index in [-0.39, 0.29) is 13.0 Å². The van der Waals surface area contributed by atoms with Crippen molar-refractivity contribution in [2.45, 2.75) is 12.3 Å². The van der Waals surface area contributed by atoms with E-state index < -0.39 is 5.92 Å². The van der Waals surface area contributed by atoms with Gasteiger partial charge in [-0.2, -0.15) is 0 Å². The van der Waals surface area contributed by atoms with Crippen LogP contribution in [0.5, 0.6) is 0 Å². The fourth-order valence-corrected chi connectivity index (χ4v) is 2.03. The number of nitrogens with one attached hydrogen (secondary N) is 1. The number of aromatic amines is 1. The van der Waals surface area contributed by atoms with E-state index in [0.29, 0.717) is 18.0 Å². The summed E-state index contributed by atoms with van der Waals surface area (Å²) in [6.07, 6.45) is 3.02. The van der Waals surface area contributed by atoms with Gasteiger partial charge < -0.3 is 9.88 Å². The highest BCUT2D eigenvalue weighted by Gasteiger charge is 2.39. The number of fused-ring (bicyclic) bond motifs is 1. The third-order valence-electron chi connectivity index (χ3n) is 2.80. The largest absolute Gasteiger partial charge is 0.350 e. The molecule has 4 nitrogen and oxygen atoms in total. The maximum absolute atomic E-state index is 13.1. The molecule has 0 aromatic carbocycles. The molecular weight excluding hydrogens is 214 g/mol. The molecule has 0 bridgehead atoms. The molecule has 3 rings (SSSR count). The van der Waals surface area contributed by atoms with Gasteiger partial charge in [0.2, 0.25) is 0 Å². The molecule has 0 aliphatic carbocycles. The fraction of sp³-hybridized carbons (Fsp3) is 0.400. The average molecular weight is 224 g/mol. The smallest absolute Gasteiger partial charge is 0.266 e. The van der Waals surface area contributed by atoms with Crippen LogP contribution in [0.25, 0.3) is 11.0 Å². The van der Waals surface area contributed by atoms with E-state index in [9.17, 15) is 8.78 Å². The summed E-state index contributed by atoms with van der Waals surface area (Å²) in [5.74, 6) is -2.02. The van der Waals surface area contributed by atoms with Crippen molar-refractivity contribution >= 4 is 16.9 Å². The normalized spacial score (nSPS) is 19.5. The van der Waals surface area contributed by atoms with Crippen LogP contribution in [0.15, 0.2) is 18.6 Å². The van der Waals surface area contributed by atoms with Gasteiger partial charge >= 0.3 is 0 Å². The summed E-state index contributed by atoms with van der Waals surface area (Å²) in [5.41, 5.74) is 0.681. The SMILES string of the molecule is FC1(F)CCN(c2ncnc3[nH]ccc23)C1. The number of aromatic nitrogens is 3. The second-order valence-electron chi connectivity index (χ2n) is 3.96. The van der Waals surface area contributed by atoms with E-state index >= 15 is 0 Å². The van der Waals surface area contributed by atoms with E-state index in [1.165, 1.54) is 6.33 Å². The van der Waals surface area contributed by atoms with Crippen LogP contribution in [0.4, 0.5) is 14.6 Å². The number of alkyl halides is 2. The molecule has 0 unspecified atom stereocenters. The number of hydrogen-bond acceptors (Lipinski definition) is 3. The van der Waals surface area contributed by atoms with Crippen LogP contribution in [0.2, 0.25) is 0 Å². The summed E-state index contributed by atoms with van der Waals surface area (Å²) in [7, 11) is 0. The summed E-state index contributed by atoms with van der Waals surface area (Å²) < 4.78 is 26.2. The topological polar surface area (TPSA) is 44.8 Å². The van der Waals surface area contributed by atoms with Gasteiger partial charge in [-0.3, -0.25) is 0 Å². The van der Waals surface area contributed by atoms with Gasteiger partial charge in [0, 0.05) is 19.2 Å². The Morgan fingerprint density at radius 2 is 2.25 bits per heavy atom. The zero-order valence-corrected chi connectivity index (χ0v) is 8.45. The average Bonchev–Trinajstić information content (AvgIpc) is 2.83. The van der Waals surface area contributed by atoms with Crippen LogP contribution in [0.3, 0.4) is 0 Å². The maximum Gasteiger partial charge on any atom is 0.266 e. The predicted octanol–water partition coefficient (Wildman–Crippen LogP) is 1.80. The first-order valence-electron chi connectivity index (χ1n) is 5.07. The minimum atomic E-state index is -2.60. The van der Waals surface area contributed by atoms with Crippen molar-refractivity contribution in [1.29, 1.82) is 0 Å². The summed E-state index contributed by atoms with van der Waals surface area (Å²) in [4.78, 5) is 12.7. The van der Waals surface area contributed by atoms with Crippen LogP contribution in [-0.4, -0.2) is 34.0 Å². The lowest BCUT2D eigenvalue weighted by atomic mass is 10.3. The van der Waals surface area contributed by atoms with Crippen molar-refractivity contribution in [2.24, 2.45) is 0 Å². The standard InChI is InChI=1S/C10H10F2N4/c11-10(12)2-4-16(5-10)9-7-1-3-13-8(7)14-6-15-9/h1,3,6H,2,4-5H2,(H,13,14,15). The van der Waals surface area contributed by atoms with Gasteiger partial charge in [0.1, 0.15) is 17.8 Å². The third kappa shape index (κ3) is 1.41. The first kappa shape index (κ1) is 9.50. The molecule has 1 aliphatic heterocycles. The maximum atomic E-state index is 13.1. The number of nitrogens with zero attached hydrogens (tertiary/aromatic N) is 3. The Bertz CT molecular complexity index is 522. The highest BCUT2D eigenvalue weighted by molar-refractivity contribution is 5.87. The lowest BCUT2D eigenvalue weighted by molar-refractivity contribution is 0.0257. The van der Waals surface area contributed by atoms with Crippen LogP contribution in [-0.2, 0) is 0 Å². The van der Waals surface area contributed by atoms with Crippen molar-refractivity contribution in [1.82, 2.24) is 15.0 Å². The molecule has 0 spiro atoms.